The van der Waals surface area contributed by atoms with Gasteiger partial charge in [0, 0.05) is 17.6 Å². The molecule has 0 aromatic heterocycles. The van der Waals surface area contributed by atoms with E-state index in [0.717, 1.165) is 17.4 Å². The summed E-state index contributed by atoms with van der Waals surface area (Å²) in [4.78, 5) is 43.9. The fourth-order valence-corrected chi connectivity index (χ4v) is 4.67. The fraction of sp³-hybridized carbons (Fsp3) is 0.429. The highest BCUT2D eigenvalue weighted by molar-refractivity contribution is 6.35. The van der Waals surface area contributed by atoms with Crippen molar-refractivity contribution in [1.29, 1.82) is 0 Å². The lowest BCUT2D eigenvalue weighted by Crippen LogP contribution is -2.43. The zero-order valence-corrected chi connectivity index (χ0v) is 17.5. The summed E-state index contributed by atoms with van der Waals surface area (Å²) in [5.41, 5.74) is 0.321. The minimum atomic E-state index is -1.23. The number of carbonyl (C=O) groups excluding carboxylic acids is 3. The van der Waals surface area contributed by atoms with Gasteiger partial charge in [0.05, 0.1) is 35.9 Å². The molecule has 1 aromatic carbocycles. The van der Waals surface area contributed by atoms with Crippen LogP contribution < -0.4 is 4.90 Å². The molecule has 3 aliphatic rings. The monoisotopic (exact) mass is 434 g/mol. The Morgan fingerprint density at radius 2 is 2.10 bits per heavy atom. The number of esters is 1. The number of methoxy groups -OCH3 is 1. The molecule has 7 nitrogen and oxygen atoms in total. The van der Waals surface area contributed by atoms with Crippen LogP contribution in [0.25, 0.3) is 0 Å². The van der Waals surface area contributed by atoms with Gasteiger partial charge < -0.3 is 9.57 Å². The molecule has 4 rings (SSSR count). The van der Waals surface area contributed by atoms with Crippen molar-refractivity contribution in [2.24, 2.45) is 11.1 Å². The molecule has 9 heteroatoms. The lowest BCUT2D eigenvalue weighted by atomic mass is 9.84. The van der Waals surface area contributed by atoms with Gasteiger partial charge in [0.1, 0.15) is 5.82 Å². The van der Waals surface area contributed by atoms with Gasteiger partial charge >= 0.3 is 5.97 Å². The number of hydrogen-bond acceptors (Lipinski definition) is 6. The minimum Gasteiger partial charge on any atom is -0.466 e. The molecule has 158 valence electrons. The summed E-state index contributed by atoms with van der Waals surface area (Å²) < 4.78 is 19.7. The van der Waals surface area contributed by atoms with Crippen LogP contribution in [0.5, 0.6) is 0 Å². The first-order valence-corrected chi connectivity index (χ1v) is 9.96. The molecular formula is C21H20ClFN2O5. The summed E-state index contributed by atoms with van der Waals surface area (Å²) in [7, 11) is 1.28. The van der Waals surface area contributed by atoms with E-state index in [2.05, 4.69) is 5.16 Å². The Morgan fingerprint density at radius 3 is 2.73 bits per heavy atom. The molecule has 0 spiro atoms. The Hall–Kier alpha value is -2.74. The highest BCUT2D eigenvalue weighted by Crippen LogP contribution is 2.47. The van der Waals surface area contributed by atoms with Gasteiger partial charge in [-0.2, -0.15) is 0 Å². The standard InChI is InChI=1S/C21H20ClFN2O5/c1-10(2)11-8-17(26)25(19(11)27)16-7-12(14(22)9-15(16)23)18-13-5-4-6-21(13,30-24-18)20(28)29-3/h7,9,13H,4-6,8H2,1-3H3. The summed E-state index contributed by atoms with van der Waals surface area (Å²) in [6.07, 6.45) is 1.69. The summed E-state index contributed by atoms with van der Waals surface area (Å²) in [5, 5.41) is 4.13. The van der Waals surface area contributed by atoms with Crippen LogP contribution in [0.15, 0.2) is 28.4 Å². The number of benzene rings is 1. The van der Waals surface area contributed by atoms with Gasteiger partial charge in [0.2, 0.25) is 11.5 Å². The fourth-order valence-electron chi connectivity index (χ4n) is 4.42. The summed E-state index contributed by atoms with van der Waals surface area (Å²) in [5.74, 6) is -2.82. The SMILES string of the molecule is COC(=O)C12CCCC1C(c1cc(N3C(=O)CC(=C(C)C)C3=O)c(F)cc1Cl)=NO2. The van der Waals surface area contributed by atoms with Crippen molar-refractivity contribution < 1.29 is 28.3 Å². The normalized spacial score (nSPS) is 25.4. The molecule has 1 aromatic rings. The zero-order valence-electron chi connectivity index (χ0n) is 16.8. The van der Waals surface area contributed by atoms with Crippen LogP contribution in [0.3, 0.4) is 0 Å². The number of anilines is 1. The van der Waals surface area contributed by atoms with E-state index < -0.39 is 35.1 Å². The Kier molecular flexibility index (Phi) is 4.92. The second kappa shape index (κ2) is 7.19. The maximum absolute atomic E-state index is 14.8. The lowest BCUT2D eigenvalue weighted by Gasteiger charge is -2.24. The van der Waals surface area contributed by atoms with Crippen LogP contribution in [-0.2, 0) is 24.0 Å². The van der Waals surface area contributed by atoms with Crippen LogP contribution in [0, 0.1) is 11.7 Å². The average molecular weight is 435 g/mol. The van der Waals surface area contributed by atoms with Crippen molar-refractivity contribution in [1.82, 2.24) is 0 Å². The number of halogens is 2. The van der Waals surface area contributed by atoms with Crippen molar-refractivity contribution in [2.45, 2.75) is 45.1 Å². The van der Waals surface area contributed by atoms with Gasteiger partial charge in [0.15, 0.2) is 0 Å². The summed E-state index contributed by atoms with van der Waals surface area (Å²) in [6.45, 7) is 3.45. The van der Waals surface area contributed by atoms with Crippen molar-refractivity contribution in [2.75, 3.05) is 12.0 Å². The number of nitrogens with zero attached hydrogens (tertiary/aromatic N) is 2. The molecule has 2 fully saturated rings. The second-order valence-electron chi connectivity index (χ2n) is 7.87. The van der Waals surface area contributed by atoms with Crippen LogP contribution >= 0.6 is 11.6 Å². The Bertz CT molecular complexity index is 1050. The minimum absolute atomic E-state index is 0.0488. The molecule has 1 aliphatic carbocycles. The number of carbonyl (C=O) groups is 3. The van der Waals surface area contributed by atoms with Crippen LogP contribution in [-0.4, -0.2) is 36.2 Å². The van der Waals surface area contributed by atoms with Crippen molar-refractivity contribution in [3.63, 3.8) is 0 Å². The molecule has 0 radical (unpaired) electrons. The van der Waals surface area contributed by atoms with E-state index in [1.165, 1.54) is 13.2 Å². The molecular weight excluding hydrogens is 415 g/mol. The smallest absolute Gasteiger partial charge is 0.353 e. The molecule has 1 saturated heterocycles. The van der Waals surface area contributed by atoms with Gasteiger partial charge in [-0.25, -0.2) is 14.1 Å². The molecule has 1 saturated carbocycles. The van der Waals surface area contributed by atoms with E-state index in [1.54, 1.807) is 13.8 Å². The number of allylic oxidation sites excluding steroid dienone is 1. The summed E-state index contributed by atoms with van der Waals surface area (Å²) in [6, 6.07) is 2.37. The molecule has 2 aliphatic heterocycles. The quantitative estimate of drug-likeness (QED) is 0.413. The number of hydrogen-bond donors (Lipinski definition) is 0. The third kappa shape index (κ3) is 2.85. The third-order valence-electron chi connectivity index (χ3n) is 5.97. The van der Waals surface area contributed by atoms with Crippen LogP contribution in [0.4, 0.5) is 10.1 Å². The van der Waals surface area contributed by atoms with E-state index in [4.69, 9.17) is 21.2 Å². The number of oxime groups is 1. The molecule has 2 heterocycles. The highest BCUT2D eigenvalue weighted by Gasteiger charge is 2.59. The number of ether oxygens (including phenoxy) is 1. The van der Waals surface area contributed by atoms with Gasteiger partial charge in [0.25, 0.3) is 5.91 Å². The number of amides is 2. The number of imide groups is 1. The predicted molar refractivity (Wildman–Crippen MR) is 107 cm³/mol. The van der Waals surface area contributed by atoms with Crippen molar-refractivity contribution in [3.8, 4) is 0 Å². The van der Waals surface area contributed by atoms with E-state index in [0.29, 0.717) is 35.3 Å². The maximum atomic E-state index is 14.8. The Balaban J connectivity index is 1.78. The molecule has 30 heavy (non-hydrogen) atoms. The zero-order chi connectivity index (χ0) is 21.8. The first-order valence-electron chi connectivity index (χ1n) is 9.58. The van der Waals surface area contributed by atoms with Crippen molar-refractivity contribution in [3.05, 3.63) is 39.7 Å². The average Bonchev–Trinajstić information content (AvgIpc) is 3.35. The molecule has 0 N–H and O–H groups in total. The Labute approximate surface area is 177 Å². The number of fused-ring (bicyclic) bond motifs is 1. The third-order valence-corrected chi connectivity index (χ3v) is 6.28. The van der Waals surface area contributed by atoms with Gasteiger partial charge in [-0.1, -0.05) is 22.3 Å². The molecule has 2 atom stereocenters. The highest BCUT2D eigenvalue weighted by atomic mass is 35.5. The van der Waals surface area contributed by atoms with Crippen LogP contribution in [0.1, 0.15) is 45.1 Å². The number of rotatable bonds is 3. The van der Waals surface area contributed by atoms with E-state index in [9.17, 15) is 18.8 Å². The molecule has 2 amide bonds. The van der Waals surface area contributed by atoms with Gasteiger partial charge in [-0.05, 0) is 38.8 Å². The van der Waals surface area contributed by atoms with E-state index >= 15 is 0 Å². The molecule has 2 unspecified atom stereocenters. The lowest BCUT2D eigenvalue weighted by molar-refractivity contribution is -0.168. The first-order chi connectivity index (χ1) is 14.2. The van der Waals surface area contributed by atoms with Gasteiger partial charge in [-0.3, -0.25) is 9.59 Å². The van der Waals surface area contributed by atoms with Gasteiger partial charge in [-0.15, -0.1) is 0 Å². The largest absolute Gasteiger partial charge is 0.466 e. The van der Waals surface area contributed by atoms with E-state index in [-0.39, 0.29) is 17.1 Å². The predicted octanol–water partition coefficient (Wildman–Crippen LogP) is 3.53. The van der Waals surface area contributed by atoms with Crippen LogP contribution in [0.2, 0.25) is 5.02 Å². The summed E-state index contributed by atoms with van der Waals surface area (Å²) >= 11 is 6.30. The maximum Gasteiger partial charge on any atom is 0.353 e. The van der Waals surface area contributed by atoms with Crippen molar-refractivity contribution >= 4 is 40.8 Å². The topological polar surface area (TPSA) is 85.3 Å². The first kappa shape index (κ1) is 20.5. The molecule has 0 bridgehead atoms. The Morgan fingerprint density at radius 1 is 1.37 bits per heavy atom. The second-order valence-corrected chi connectivity index (χ2v) is 8.27. The van der Waals surface area contributed by atoms with E-state index in [1.807, 2.05) is 0 Å².